The summed E-state index contributed by atoms with van der Waals surface area (Å²) in [6.07, 6.45) is 0.539. The number of anilines is 1. The third-order valence-electron chi connectivity index (χ3n) is 3.10. The summed E-state index contributed by atoms with van der Waals surface area (Å²) < 4.78 is 13.7. The predicted molar refractivity (Wildman–Crippen MR) is 90.4 cm³/mol. The number of benzene rings is 2. The van der Waals surface area contributed by atoms with Crippen LogP contribution in [0.5, 0.6) is 0 Å². The number of amides is 1. The molecule has 0 heterocycles. The average Bonchev–Trinajstić information content (AvgIpc) is 2.45. The first-order valence-corrected chi connectivity index (χ1v) is 7.77. The highest BCUT2D eigenvalue weighted by atomic mass is 79.9. The van der Waals surface area contributed by atoms with Gasteiger partial charge in [-0.25, -0.2) is 4.39 Å². The summed E-state index contributed by atoms with van der Waals surface area (Å²) in [5.41, 5.74) is 2.30. The minimum atomic E-state index is -0.462. The van der Waals surface area contributed by atoms with Gasteiger partial charge < -0.3 is 5.32 Å². The fourth-order valence-corrected chi connectivity index (χ4v) is 2.55. The van der Waals surface area contributed by atoms with Crippen LogP contribution < -0.4 is 5.32 Å². The van der Waals surface area contributed by atoms with E-state index in [4.69, 9.17) is 0 Å². The number of hydrogen-bond acceptors (Lipinski definition) is 2. The van der Waals surface area contributed by atoms with Gasteiger partial charge in [-0.3, -0.25) is 4.79 Å². The van der Waals surface area contributed by atoms with Gasteiger partial charge in [-0.15, -0.1) is 0 Å². The molecule has 21 heavy (non-hydrogen) atoms. The zero-order valence-electron chi connectivity index (χ0n) is 11.4. The van der Waals surface area contributed by atoms with Crippen molar-refractivity contribution in [1.29, 1.82) is 0 Å². The molecule has 2 nitrogen and oxygen atoms in total. The maximum absolute atomic E-state index is 13.4. The number of halogens is 2. The summed E-state index contributed by atoms with van der Waals surface area (Å²) in [5.74, 6) is -0.555. The highest BCUT2D eigenvalue weighted by Gasteiger charge is 2.16. The van der Waals surface area contributed by atoms with Gasteiger partial charge in [0.1, 0.15) is 5.82 Å². The van der Waals surface area contributed by atoms with E-state index >= 15 is 0 Å². The van der Waals surface area contributed by atoms with Crippen LogP contribution in [0.15, 0.2) is 46.9 Å². The maximum Gasteiger partial charge on any atom is 0.237 e. The summed E-state index contributed by atoms with van der Waals surface area (Å²) in [4.78, 5) is 12.2. The standard InChI is InChI=1S/C16H15BrFNOS/c1-10-7-13(18)12(17)9-14(10)19-16(20)15(21)8-11-5-3-2-4-6-11/h2-7,9,15,21H,8H2,1H3,(H,19,20). The average molecular weight is 368 g/mol. The van der Waals surface area contributed by atoms with Crippen LogP contribution >= 0.6 is 28.6 Å². The van der Waals surface area contributed by atoms with Crippen LogP contribution in [0.25, 0.3) is 0 Å². The predicted octanol–water partition coefficient (Wildman–Crippen LogP) is 4.38. The fourth-order valence-electron chi connectivity index (χ4n) is 1.93. The number of carbonyl (C=O) groups is 1. The number of carbonyl (C=O) groups excluding carboxylic acids is 1. The molecule has 2 aromatic carbocycles. The van der Waals surface area contributed by atoms with E-state index < -0.39 is 5.25 Å². The quantitative estimate of drug-likeness (QED) is 0.771. The van der Waals surface area contributed by atoms with Crippen LogP contribution in [0.4, 0.5) is 10.1 Å². The van der Waals surface area contributed by atoms with Crippen LogP contribution in [0, 0.1) is 12.7 Å². The molecule has 0 saturated carbocycles. The Morgan fingerprint density at radius 1 is 1.33 bits per heavy atom. The third-order valence-corrected chi connectivity index (χ3v) is 4.12. The van der Waals surface area contributed by atoms with E-state index in [1.54, 1.807) is 13.0 Å². The van der Waals surface area contributed by atoms with Gasteiger partial charge in [0.05, 0.1) is 9.72 Å². The molecule has 0 saturated heterocycles. The van der Waals surface area contributed by atoms with Gasteiger partial charge in [0.2, 0.25) is 5.91 Å². The molecular formula is C16H15BrFNOS. The van der Waals surface area contributed by atoms with Gasteiger partial charge in [-0.2, -0.15) is 12.6 Å². The van der Waals surface area contributed by atoms with E-state index in [9.17, 15) is 9.18 Å². The largest absolute Gasteiger partial charge is 0.325 e. The van der Waals surface area contributed by atoms with E-state index in [-0.39, 0.29) is 11.7 Å². The molecule has 0 aromatic heterocycles. The van der Waals surface area contributed by atoms with Crippen molar-refractivity contribution >= 4 is 40.2 Å². The molecule has 0 spiro atoms. The Hall–Kier alpha value is -1.33. The van der Waals surface area contributed by atoms with E-state index in [0.717, 1.165) is 5.56 Å². The molecule has 0 bridgehead atoms. The van der Waals surface area contributed by atoms with Crippen molar-refractivity contribution in [2.45, 2.75) is 18.6 Å². The van der Waals surface area contributed by atoms with Gasteiger partial charge in [-0.05, 0) is 52.5 Å². The number of rotatable bonds is 4. The lowest BCUT2D eigenvalue weighted by molar-refractivity contribution is -0.115. The van der Waals surface area contributed by atoms with Crippen LogP contribution in [0.3, 0.4) is 0 Å². The summed E-state index contributed by atoms with van der Waals surface area (Å²) in [6.45, 7) is 1.75. The van der Waals surface area contributed by atoms with Gasteiger partial charge in [0, 0.05) is 5.69 Å². The first-order chi connectivity index (χ1) is 9.97. The Balaban J connectivity index is 2.06. The van der Waals surface area contributed by atoms with Crippen LogP contribution in [-0.4, -0.2) is 11.2 Å². The Labute approximate surface area is 137 Å². The SMILES string of the molecule is Cc1cc(F)c(Br)cc1NC(=O)C(S)Cc1ccccc1. The molecule has 1 N–H and O–H groups in total. The summed E-state index contributed by atoms with van der Waals surface area (Å²) in [6, 6.07) is 12.6. The highest BCUT2D eigenvalue weighted by Crippen LogP contribution is 2.24. The number of nitrogens with one attached hydrogen (secondary N) is 1. The number of hydrogen-bond donors (Lipinski definition) is 2. The highest BCUT2D eigenvalue weighted by molar-refractivity contribution is 9.10. The van der Waals surface area contributed by atoms with E-state index in [1.165, 1.54) is 6.07 Å². The van der Waals surface area contributed by atoms with Crippen molar-refractivity contribution < 1.29 is 9.18 Å². The monoisotopic (exact) mass is 367 g/mol. The summed E-state index contributed by atoms with van der Waals surface area (Å²) >= 11 is 7.46. The summed E-state index contributed by atoms with van der Waals surface area (Å²) in [5, 5.41) is 2.32. The lowest BCUT2D eigenvalue weighted by Crippen LogP contribution is -2.25. The molecule has 0 aliphatic carbocycles. The molecular weight excluding hydrogens is 353 g/mol. The smallest absolute Gasteiger partial charge is 0.237 e. The first kappa shape index (κ1) is 16.0. The van der Waals surface area contributed by atoms with Crippen molar-refractivity contribution in [3.05, 3.63) is 63.9 Å². The minimum Gasteiger partial charge on any atom is -0.325 e. The molecule has 5 heteroatoms. The molecule has 0 fully saturated rings. The topological polar surface area (TPSA) is 29.1 Å². The second-order valence-electron chi connectivity index (χ2n) is 4.78. The lowest BCUT2D eigenvalue weighted by Gasteiger charge is -2.14. The van der Waals surface area contributed by atoms with Gasteiger partial charge in [0.15, 0.2) is 0 Å². The third kappa shape index (κ3) is 4.32. The molecule has 1 atom stereocenters. The molecule has 0 aliphatic heterocycles. The zero-order chi connectivity index (χ0) is 15.4. The van der Waals surface area contributed by atoms with Crippen LogP contribution in [0.1, 0.15) is 11.1 Å². The van der Waals surface area contributed by atoms with Crippen molar-refractivity contribution in [1.82, 2.24) is 0 Å². The second kappa shape index (κ2) is 7.09. The van der Waals surface area contributed by atoms with E-state index in [2.05, 4.69) is 33.9 Å². The van der Waals surface area contributed by atoms with Gasteiger partial charge >= 0.3 is 0 Å². The maximum atomic E-state index is 13.4. The number of aryl methyl sites for hydroxylation is 1. The number of thiol groups is 1. The normalized spacial score (nSPS) is 12.0. The zero-order valence-corrected chi connectivity index (χ0v) is 13.9. The van der Waals surface area contributed by atoms with Crippen molar-refractivity contribution in [3.8, 4) is 0 Å². The van der Waals surface area contributed by atoms with Crippen molar-refractivity contribution in [3.63, 3.8) is 0 Å². The molecule has 2 rings (SSSR count). The fraction of sp³-hybridized carbons (Fsp3) is 0.188. The Kier molecular flexibility index (Phi) is 5.42. The molecule has 1 amide bonds. The Bertz CT molecular complexity index is 648. The van der Waals surface area contributed by atoms with Crippen molar-refractivity contribution in [2.24, 2.45) is 0 Å². The second-order valence-corrected chi connectivity index (χ2v) is 6.25. The molecule has 1 unspecified atom stereocenters. The van der Waals surface area contributed by atoms with E-state index in [1.807, 2.05) is 30.3 Å². The van der Waals surface area contributed by atoms with E-state index in [0.29, 0.717) is 22.1 Å². The first-order valence-electron chi connectivity index (χ1n) is 6.46. The Morgan fingerprint density at radius 2 is 2.00 bits per heavy atom. The van der Waals surface area contributed by atoms with Crippen LogP contribution in [0.2, 0.25) is 0 Å². The molecule has 0 aliphatic rings. The minimum absolute atomic E-state index is 0.205. The molecule has 110 valence electrons. The summed E-state index contributed by atoms with van der Waals surface area (Å²) in [7, 11) is 0. The molecule has 2 aromatic rings. The lowest BCUT2D eigenvalue weighted by atomic mass is 10.1. The molecule has 0 radical (unpaired) electrons. The Morgan fingerprint density at radius 3 is 2.67 bits per heavy atom. The van der Waals surface area contributed by atoms with Gasteiger partial charge in [-0.1, -0.05) is 30.3 Å². The van der Waals surface area contributed by atoms with Crippen LogP contribution in [-0.2, 0) is 11.2 Å². The van der Waals surface area contributed by atoms with Crippen molar-refractivity contribution in [2.75, 3.05) is 5.32 Å². The van der Waals surface area contributed by atoms with Gasteiger partial charge in [0.25, 0.3) is 0 Å².